The van der Waals surface area contributed by atoms with Crippen LogP contribution in [0.4, 0.5) is 11.4 Å². The molecule has 1 aliphatic rings. The number of anilines is 2. The number of rotatable bonds is 6. The molecule has 0 atom stereocenters. The number of nitrogens with zero attached hydrogens (tertiary/aromatic N) is 4. The van der Waals surface area contributed by atoms with Crippen molar-refractivity contribution in [3.05, 3.63) is 64.5 Å². The number of piperazine rings is 1. The van der Waals surface area contributed by atoms with Gasteiger partial charge in [0.05, 0.1) is 5.75 Å². The first-order valence-corrected chi connectivity index (χ1v) is 11.9. The van der Waals surface area contributed by atoms with Crippen LogP contribution in [0.3, 0.4) is 0 Å². The summed E-state index contributed by atoms with van der Waals surface area (Å²) < 4.78 is 6.15. The quantitative estimate of drug-likeness (QED) is 0.498. The molecule has 0 unspecified atom stereocenters. The van der Waals surface area contributed by atoms with Gasteiger partial charge in [-0.3, -0.25) is 9.59 Å². The fraction of sp³-hybridized carbons (Fsp3) is 0.273. The first kappa shape index (κ1) is 22.3. The van der Waals surface area contributed by atoms with Crippen LogP contribution in [-0.4, -0.2) is 58.8 Å². The Labute approximate surface area is 198 Å². The zero-order valence-corrected chi connectivity index (χ0v) is 19.9. The number of aryl methyl sites for hydroxylation is 1. The monoisotopic (exact) mass is 515 g/mol. The van der Waals surface area contributed by atoms with E-state index in [1.54, 1.807) is 6.92 Å². The number of benzene rings is 2. The zero-order chi connectivity index (χ0) is 22.5. The van der Waals surface area contributed by atoms with Crippen molar-refractivity contribution in [2.75, 3.05) is 42.1 Å². The SMILES string of the molecule is Cc1nnc(SCC(=O)Nc2ccc(N3CCN(C(=O)c4cccc(Br)c4)CC3)cc2)o1. The van der Waals surface area contributed by atoms with E-state index in [0.717, 1.165) is 28.9 Å². The summed E-state index contributed by atoms with van der Waals surface area (Å²) in [4.78, 5) is 29.0. The number of aromatic nitrogens is 2. The lowest BCUT2D eigenvalue weighted by Gasteiger charge is -2.36. The van der Waals surface area contributed by atoms with E-state index >= 15 is 0 Å². The summed E-state index contributed by atoms with van der Waals surface area (Å²) >= 11 is 4.62. The van der Waals surface area contributed by atoms with Crippen molar-refractivity contribution in [3.8, 4) is 0 Å². The number of carbonyl (C=O) groups excluding carboxylic acids is 2. The van der Waals surface area contributed by atoms with Crippen LogP contribution in [0.5, 0.6) is 0 Å². The predicted octanol–water partition coefficient (Wildman–Crippen LogP) is 3.83. The molecule has 4 rings (SSSR count). The predicted molar refractivity (Wildman–Crippen MR) is 127 cm³/mol. The lowest BCUT2D eigenvalue weighted by molar-refractivity contribution is -0.113. The number of thioether (sulfide) groups is 1. The standard InChI is InChI=1S/C22H22BrN5O3S/c1-15-25-26-22(31-15)32-14-20(29)24-18-5-7-19(8-6-18)27-9-11-28(12-10-27)21(30)16-3-2-4-17(23)13-16/h2-8,13H,9-12,14H2,1H3,(H,24,29). The lowest BCUT2D eigenvalue weighted by Crippen LogP contribution is -2.48. The molecule has 1 saturated heterocycles. The molecule has 32 heavy (non-hydrogen) atoms. The normalized spacial score (nSPS) is 13.8. The molecule has 166 valence electrons. The molecule has 0 bridgehead atoms. The maximum atomic E-state index is 12.7. The molecule has 10 heteroatoms. The summed E-state index contributed by atoms with van der Waals surface area (Å²) in [5.41, 5.74) is 2.48. The van der Waals surface area contributed by atoms with Crippen molar-refractivity contribution in [1.82, 2.24) is 15.1 Å². The molecule has 2 aromatic carbocycles. The van der Waals surface area contributed by atoms with Gasteiger partial charge in [0, 0.05) is 54.5 Å². The maximum absolute atomic E-state index is 12.7. The van der Waals surface area contributed by atoms with Gasteiger partial charge in [0.2, 0.25) is 11.8 Å². The van der Waals surface area contributed by atoms with E-state index in [4.69, 9.17) is 4.42 Å². The van der Waals surface area contributed by atoms with Crippen LogP contribution in [0.15, 0.2) is 62.6 Å². The summed E-state index contributed by atoms with van der Waals surface area (Å²) in [6, 6.07) is 15.2. The number of hydrogen-bond donors (Lipinski definition) is 1. The highest BCUT2D eigenvalue weighted by Crippen LogP contribution is 2.22. The minimum Gasteiger partial charge on any atom is -0.416 e. The highest BCUT2D eigenvalue weighted by molar-refractivity contribution is 9.10. The largest absolute Gasteiger partial charge is 0.416 e. The van der Waals surface area contributed by atoms with Crippen LogP contribution >= 0.6 is 27.7 Å². The fourth-order valence-electron chi connectivity index (χ4n) is 3.39. The van der Waals surface area contributed by atoms with Gasteiger partial charge in [-0.2, -0.15) is 0 Å². The Morgan fingerprint density at radius 2 is 1.84 bits per heavy atom. The second-order valence-corrected chi connectivity index (χ2v) is 9.10. The van der Waals surface area contributed by atoms with E-state index in [-0.39, 0.29) is 17.6 Å². The van der Waals surface area contributed by atoms with Crippen LogP contribution in [0.25, 0.3) is 0 Å². The third kappa shape index (κ3) is 5.68. The molecule has 1 fully saturated rings. The van der Waals surface area contributed by atoms with Crippen molar-refractivity contribution >= 4 is 50.9 Å². The summed E-state index contributed by atoms with van der Waals surface area (Å²) in [5, 5.41) is 10.8. The Morgan fingerprint density at radius 1 is 1.09 bits per heavy atom. The third-order valence-corrected chi connectivity index (χ3v) is 6.30. The summed E-state index contributed by atoms with van der Waals surface area (Å²) in [6.45, 7) is 4.54. The molecule has 1 N–H and O–H groups in total. The molecule has 1 aromatic heterocycles. The van der Waals surface area contributed by atoms with E-state index < -0.39 is 0 Å². The molecule has 0 spiro atoms. The van der Waals surface area contributed by atoms with Gasteiger partial charge in [0.1, 0.15) is 0 Å². The first-order chi connectivity index (χ1) is 15.5. The summed E-state index contributed by atoms with van der Waals surface area (Å²) in [5.74, 6) is 0.579. The second kappa shape index (κ2) is 10.2. The van der Waals surface area contributed by atoms with Gasteiger partial charge in [-0.1, -0.05) is 33.8 Å². The number of hydrogen-bond acceptors (Lipinski definition) is 7. The highest BCUT2D eigenvalue weighted by Gasteiger charge is 2.22. The maximum Gasteiger partial charge on any atom is 0.277 e. The molecular weight excluding hydrogens is 494 g/mol. The average molecular weight is 516 g/mol. The molecule has 8 nitrogen and oxygen atoms in total. The molecule has 2 amide bonds. The lowest BCUT2D eigenvalue weighted by atomic mass is 10.1. The molecule has 0 aliphatic carbocycles. The second-order valence-electron chi connectivity index (χ2n) is 7.26. The Hall–Kier alpha value is -2.85. The third-order valence-electron chi connectivity index (χ3n) is 4.99. The zero-order valence-electron chi connectivity index (χ0n) is 17.5. The van der Waals surface area contributed by atoms with Gasteiger partial charge in [0.25, 0.3) is 11.1 Å². The number of amides is 2. The number of carbonyl (C=O) groups is 2. The van der Waals surface area contributed by atoms with Crippen molar-refractivity contribution < 1.29 is 14.0 Å². The van der Waals surface area contributed by atoms with Gasteiger partial charge in [-0.05, 0) is 42.5 Å². The van der Waals surface area contributed by atoms with Gasteiger partial charge in [-0.25, -0.2) is 0 Å². The Kier molecular flexibility index (Phi) is 7.11. The summed E-state index contributed by atoms with van der Waals surface area (Å²) in [6.07, 6.45) is 0. The van der Waals surface area contributed by atoms with Gasteiger partial charge in [-0.15, -0.1) is 10.2 Å². The Balaban J connectivity index is 1.26. The number of nitrogens with one attached hydrogen (secondary N) is 1. The number of halogens is 1. The summed E-state index contributed by atoms with van der Waals surface area (Å²) in [7, 11) is 0. The fourth-order valence-corrected chi connectivity index (χ4v) is 4.39. The molecule has 0 saturated carbocycles. The molecular formula is C22H22BrN5O3S. The molecule has 2 heterocycles. The highest BCUT2D eigenvalue weighted by atomic mass is 79.9. The van der Waals surface area contributed by atoms with Crippen LogP contribution in [-0.2, 0) is 4.79 Å². The topological polar surface area (TPSA) is 91.6 Å². The van der Waals surface area contributed by atoms with Crippen molar-refractivity contribution in [2.24, 2.45) is 0 Å². The van der Waals surface area contributed by atoms with Crippen molar-refractivity contribution in [3.63, 3.8) is 0 Å². The molecule has 1 aliphatic heterocycles. The molecule has 0 radical (unpaired) electrons. The van der Waals surface area contributed by atoms with Crippen molar-refractivity contribution in [1.29, 1.82) is 0 Å². The Bertz CT molecular complexity index is 1100. The molecule has 3 aromatic rings. The van der Waals surface area contributed by atoms with E-state index in [2.05, 4.69) is 36.3 Å². The van der Waals surface area contributed by atoms with Crippen LogP contribution in [0, 0.1) is 6.92 Å². The van der Waals surface area contributed by atoms with E-state index in [1.165, 1.54) is 11.8 Å². The van der Waals surface area contributed by atoms with Crippen molar-refractivity contribution in [2.45, 2.75) is 12.1 Å². The first-order valence-electron chi connectivity index (χ1n) is 10.1. The minimum absolute atomic E-state index is 0.0533. The average Bonchev–Trinajstić information content (AvgIpc) is 3.23. The smallest absolute Gasteiger partial charge is 0.277 e. The van der Waals surface area contributed by atoms with Gasteiger partial charge in [0.15, 0.2) is 0 Å². The van der Waals surface area contributed by atoms with Crippen LogP contribution < -0.4 is 10.2 Å². The van der Waals surface area contributed by atoms with Crippen LogP contribution in [0.2, 0.25) is 0 Å². The van der Waals surface area contributed by atoms with Crippen LogP contribution in [0.1, 0.15) is 16.2 Å². The van der Waals surface area contributed by atoms with E-state index in [9.17, 15) is 9.59 Å². The minimum atomic E-state index is -0.140. The van der Waals surface area contributed by atoms with Gasteiger partial charge < -0.3 is 19.5 Å². The van der Waals surface area contributed by atoms with E-state index in [1.807, 2.05) is 53.4 Å². The van der Waals surface area contributed by atoms with Gasteiger partial charge >= 0.3 is 0 Å². The van der Waals surface area contributed by atoms with E-state index in [0.29, 0.717) is 29.8 Å². The Morgan fingerprint density at radius 3 is 2.50 bits per heavy atom.